The molecule has 5 aliphatic rings. The van der Waals surface area contributed by atoms with Crippen LogP contribution >= 0.6 is 0 Å². The van der Waals surface area contributed by atoms with Crippen molar-refractivity contribution in [3.63, 3.8) is 0 Å². The van der Waals surface area contributed by atoms with Gasteiger partial charge in [-0.15, -0.1) is 0 Å². The number of anilines is 2. The van der Waals surface area contributed by atoms with E-state index < -0.39 is 41.8 Å². The summed E-state index contributed by atoms with van der Waals surface area (Å²) in [6.45, 7) is 4.70. The van der Waals surface area contributed by atoms with E-state index >= 15 is 0 Å². The summed E-state index contributed by atoms with van der Waals surface area (Å²) in [7, 11) is 0. The summed E-state index contributed by atoms with van der Waals surface area (Å²) in [5, 5.41) is 15.1. The molecule has 3 aromatic carbocycles. The predicted octanol–water partition coefficient (Wildman–Crippen LogP) is 5.06. The standard InChI is InChI=1S/C45H46N10O6.C2HF3O2/c46-41-39-40(28-8-11-33(12-9-28)61-32-6-2-1-3-7-32)50-55(42(39)48-26-47-41)30-5-4-18-52(23-30)38(57)21-27-16-19-51(20-17-27)31-24-53(25-31)29-10-13-34-35(22-29)45(60)54(44(34)59)36-14-15-37(56)49-43(36)58;3-2(4,5)1(6)7/h1-3,6-13,22,26-27,30-31,36H,4-5,14-21,23-25H2,(H2,46,47,48)(H,49,56,58);(H,6,7)/t30-,36?;/m1./s1. The average Bonchev–Trinajstić information content (AvgIpc) is 3.82. The van der Waals surface area contributed by atoms with Crippen LogP contribution in [0, 0.1) is 5.92 Å². The summed E-state index contributed by atoms with van der Waals surface area (Å²) in [6, 6.07) is 22.0. The highest BCUT2D eigenvalue weighted by atomic mass is 19.4. The number of halogens is 3. The fourth-order valence-corrected chi connectivity index (χ4v) is 9.59. The third-order valence-corrected chi connectivity index (χ3v) is 13.2. The smallest absolute Gasteiger partial charge is 0.475 e. The molecule has 21 heteroatoms. The number of aromatic nitrogens is 4. The van der Waals surface area contributed by atoms with E-state index in [2.05, 4.69) is 25.1 Å². The highest BCUT2D eigenvalue weighted by Crippen LogP contribution is 2.37. The van der Waals surface area contributed by atoms with Gasteiger partial charge in [-0.2, -0.15) is 18.3 Å². The minimum absolute atomic E-state index is 0.0547. The van der Waals surface area contributed by atoms with Crippen LogP contribution in [0.4, 0.5) is 24.7 Å². The van der Waals surface area contributed by atoms with Crippen LogP contribution in [0.2, 0.25) is 0 Å². The Hall–Kier alpha value is -7.42. The Morgan fingerprint density at radius 1 is 0.824 bits per heavy atom. The molecule has 2 aromatic heterocycles. The van der Waals surface area contributed by atoms with E-state index in [9.17, 15) is 37.1 Å². The van der Waals surface area contributed by atoms with Crippen LogP contribution in [0.1, 0.15) is 71.7 Å². The van der Waals surface area contributed by atoms with Gasteiger partial charge in [0.15, 0.2) is 5.65 Å². The van der Waals surface area contributed by atoms with Crippen molar-refractivity contribution in [2.75, 3.05) is 49.9 Å². The number of nitrogens with zero attached hydrogens (tertiary/aromatic N) is 8. The van der Waals surface area contributed by atoms with Crippen molar-refractivity contribution >= 4 is 58.0 Å². The lowest BCUT2D eigenvalue weighted by molar-refractivity contribution is -0.192. The van der Waals surface area contributed by atoms with Crippen LogP contribution < -0.4 is 20.7 Å². The second-order valence-corrected chi connectivity index (χ2v) is 17.5. The number of nitrogens with one attached hydrogen (secondary N) is 1. The molecule has 4 saturated heterocycles. The third kappa shape index (κ3) is 9.29. The van der Waals surface area contributed by atoms with E-state index in [0.717, 1.165) is 80.3 Å². The van der Waals surface area contributed by atoms with Gasteiger partial charge < -0.3 is 25.4 Å². The van der Waals surface area contributed by atoms with Gasteiger partial charge in [0.1, 0.15) is 35.4 Å². The number of para-hydroxylation sites is 1. The van der Waals surface area contributed by atoms with Gasteiger partial charge in [-0.1, -0.05) is 18.2 Å². The van der Waals surface area contributed by atoms with Crippen molar-refractivity contribution in [3.8, 4) is 22.8 Å². The highest BCUT2D eigenvalue weighted by molar-refractivity contribution is 6.23. The van der Waals surface area contributed by atoms with Crippen LogP contribution in [-0.2, 0) is 19.2 Å². The number of alkyl halides is 3. The molecule has 0 bridgehead atoms. The number of amides is 5. The van der Waals surface area contributed by atoms with Gasteiger partial charge in [-0.3, -0.25) is 39.1 Å². The first kappa shape index (κ1) is 45.7. The number of rotatable bonds is 9. The maximum atomic E-state index is 13.8. The molecule has 0 saturated carbocycles. The van der Waals surface area contributed by atoms with Gasteiger partial charge in [0.25, 0.3) is 11.8 Å². The monoisotopic (exact) mass is 936 g/mol. The number of aliphatic carboxylic acids is 1. The minimum Gasteiger partial charge on any atom is -0.475 e. The molecule has 5 aromatic rings. The van der Waals surface area contributed by atoms with E-state index in [1.165, 1.54) is 6.33 Å². The van der Waals surface area contributed by atoms with Crippen molar-refractivity contribution in [2.24, 2.45) is 5.92 Å². The molecule has 2 atom stereocenters. The fourth-order valence-electron chi connectivity index (χ4n) is 9.59. The number of nitrogen functional groups attached to an aromatic ring is 1. The zero-order chi connectivity index (χ0) is 47.9. The number of hydrogen-bond acceptors (Lipinski definition) is 13. The topological polar surface area (TPSA) is 226 Å². The minimum atomic E-state index is -5.08. The number of nitrogens with two attached hydrogens (primary N) is 1. The Morgan fingerprint density at radius 2 is 1.51 bits per heavy atom. The number of carboxylic acid groups (broad SMARTS) is 1. The SMILES string of the molecule is Nc1ncnc2c1c(-c1ccc(Oc3ccccc3)cc1)nn2[C@@H]1CCCN(C(=O)CC2CCN(C3CN(c4ccc5c(c4)C(=O)N(C4CCC(=O)NC4=O)C5=O)C3)CC2)C1.O=C(O)C(F)(F)F. The number of imide groups is 2. The number of hydrogen-bond donors (Lipinski definition) is 3. The lowest BCUT2D eigenvalue weighted by Gasteiger charge is -2.48. The molecule has 0 radical (unpaired) electrons. The van der Waals surface area contributed by atoms with Crippen LogP contribution in [0.5, 0.6) is 11.5 Å². The summed E-state index contributed by atoms with van der Waals surface area (Å²) in [4.78, 5) is 89.9. The largest absolute Gasteiger partial charge is 0.490 e. The Bertz CT molecular complexity index is 2770. The first-order valence-electron chi connectivity index (χ1n) is 22.4. The van der Waals surface area contributed by atoms with Crippen LogP contribution in [0.15, 0.2) is 79.1 Å². The van der Waals surface area contributed by atoms with E-state index in [4.69, 9.17) is 25.5 Å². The molecule has 0 aliphatic carbocycles. The molecular weight excluding hydrogens is 890 g/mol. The summed E-state index contributed by atoms with van der Waals surface area (Å²) in [5.74, 6) is -2.46. The number of carbonyl (C=O) groups excluding carboxylic acids is 5. The molecule has 4 fully saturated rings. The van der Waals surface area contributed by atoms with Gasteiger partial charge in [0.2, 0.25) is 17.7 Å². The van der Waals surface area contributed by atoms with Gasteiger partial charge in [0.05, 0.1) is 22.6 Å². The summed E-state index contributed by atoms with van der Waals surface area (Å²) >= 11 is 0. The summed E-state index contributed by atoms with van der Waals surface area (Å²) < 4.78 is 39.7. The molecule has 5 aliphatic heterocycles. The van der Waals surface area contributed by atoms with Crippen LogP contribution in [0.25, 0.3) is 22.3 Å². The molecule has 10 rings (SSSR count). The molecule has 4 N–H and O–H groups in total. The molecule has 1 unspecified atom stereocenters. The Morgan fingerprint density at radius 3 is 2.21 bits per heavy atom. The van der Waals surface area contributed by atoms with E-state index in [1.807, 2.05) is 70.2 Å². The maximum Gasteiger partial charge on any atom is 0.490 e. The van der Waals surface area contributed by atoms with E-state index in [0.29, 0.717) is 58.8 Å². The van der Waals surface area contributed by atoms with Crippen molar-refractivity contribution < 1.29 is 51.8 Å². The molecule has 0 spiro atoms. The van der Waals surface area contributed by atoms with Crippen LogP contribution in [0.3, 0.4) is 0 Å². The number of carbonyl (C=O) groups is 6. The Balaban J connectivity index is 0.000000767. The second-order valence-electron chi connectivity index (χ2n) is 17.5. The molecule has 354 valence electrons. The number of piperidine rings is 3. The molecule has 7 heterocycles. The summed E-state index contributed by atoms with van der Waals surface area (Å²) in [6.07, 6.45) is 0.739. The normalized spacial score (nSPS) is 20.4. The molecule has 18 nitrogen and oxygen atoms in total. The molecular formula is C47H47F3N10O8. The van der Waals surface area contributed by atoms with Gasteiger partial charge in [-0.05, 0) is 106 Å². The number of fused-ring (bicyclic) bond motifs is 2. The van der Waals surface area contributed by atoms with Crippen molar-refractivity contribution in [1.29, 1.82) is 0 Å². The highest BCUT2D eigenvalue weighted by Gasteiger charge is 2.45. The third-order valence-electron chi connectivity index (χ3n) is 13.2. The lowest BCUT2D eigenvalue weighted by Crippen LogP contribution is -2.61. The van der Waals surface area contributed by atoms with E-state index in [-0.39, 0.29) is 30.4 Å². The fraction of sp³-hybridized carbons (Fsp3) is 0.383. The van der Waals surface area contributed by atoms with E-state index in [1.54, 1.807) is 12.1 Å². The number of benzene rings is 3. The number of likely N-dealkylation sites (tertiary alicyclic amines) is 2. The molecule has 68 heavy (non-hydrogen) atoms. The average molecular weight is 937 g/mol. The molecule has 5 amide bonds. The second kappa shape index (κ2) is 18.7. The maximum absolute atomic E-state index is 13.8. The summed E-state index contributed by atoms with van der Waals surface area (Å²) in [5.41, 5.74) is 10.1. The quantitative estimate of drug-likeness (QED) is 0.164. The van der Waals surface area contributed by atoms with Gasteiger partial charge in [-0.25, -0.2) is 19.4 Å². The van der Waals surface area contributed by atoms with Crippen molar-refractivity contribution in [2.45, 2.75) is 69.2 Å². The lowest BCUT2D eigenvalue weighted by atomic mass is 9.90. The predicted molar refractivity (Wildman–Crippen MR) is 238 cm³/mol. The Labute approximate surface area is 386 Å². The first-order valence-corrected chi connectivity index (χ1v) is 22.4. The van der Waals surface area contributed by atoms with Gasteiger partial charge >= 0.3 is 12.1 Å². The number of carboxylic acids is 1. The van der Waals surface area contributed by atoms with Crippen molar-refractivity contribution in [1.82, 2.24) is 39.8 Å². The zero-order valence-corrected chi connectivity index (χ0v) is 36.6. The Kier molecular flexibility index (Phi) is 12.6. The first-order chi connectivity index (χ1) is 32.6. The van der Waals surface area contributed by atoms with Gasteiger partial charge in [0, 0.05) is 56.3 Å². The van der Waals surface area contributed by atoms with Crippen LogP contribution in [-0.4, -0.2) is 133 Å². The number of ether oxygens (including phenoxy) is 1. The zero-order valence-electron chi connectivity index (χ0n) is 36.6. The van der Waals surface area contributed by atoms with Crippen molar-refractivity contribution in [3.05, 3.63) is 90.3 Å².